The Bertz CT molecular complexity index is 1870. The van der Waals surface area contributed by atoms with Gasteiger partial charge in [-0.25, -0.2) is 35.9 Å². The molecule has 2 heterocycles. The highest BCUT2D eigenvalue weighted by atomic mass is 32.2. The Labute approximate surface area is 263 Å². The Balaban J connectivity index is 1.41. The standard InChI is InChI=1S/C31H35F4N7O3S/c1-17(2)42-29-25(15-36-31(39-29)37-21-9-11-22(12-10-21)41(3)4)38-26(30(42)43)20-13-23(32)27(24(33)14-20)40-46(44,45)16-18-5-7-19(8-6-18)28(34)35/h5-8,13-15,17,21-22,28,40H,9-12,16H2,1-4H3,(H,36,37,39). The number of hydrogen-bond donors (Lipinski definition) is 2. The summed E-state index contributed by atoms with van der Waals surface area (Å²) in [6, 6.07) is 6.48. The van der Waals surface area contributed by atoms with Crippen LogP contribution < -0.4 is 15.6 Å². The number of aromatic nitrogens is 4. The van der Waals surface area contributed by atoms with Gasteiger partial charge in [-0.15, -0.1) is 0 Å². The molecule has 46 heavy (non-hydrogen) atoms. The summed E-state index contributed by atoms with van der Waals surface area (Å²) in [6.45, 7) is 3.53. The first-order valence-corrected chi connectivity index (χ1v) is 16.5. The maximum absolute atomic E-state index is 15.2. The predicted molar refractivity (Wildman–Crippen MR) is 168 cm³/mol. The molecular weight excluding hydrogens is 626 g/mol. The summed E-state index contributed by atoms with van der Waals surface area (Å²) in [4.78, 5) is 29.2. The van der Waals surface area contributed by atoms with Crippen LogP contribution in [0.1, 0.15) is 63.1 Å². The lowest BCUT2D eigenvalue weighted by Gasteiger charge is -2.32. The van der Waals surface area contributed by atoms with Crippen LogP contribution in [0.5, 0.6) is 0 Å². The van der Waals surface area contributed by atoms with E-state index in [9.17, 15) is 22.0 Å². The molecule has 10 nitrogen and oxygen atoms in total. The quantitative estimate of drug-likeness (QED) is 0.202. The highest BCUT2D eigenvalue weighted by molar-refractivity contribution is 7.91. The van der Waals surface area contributed by atoms with E-state index < -0.39 is 51.1 Å². The van der Waals surface area contributed by atoms with Gasteiger partial charge in [-0.3, -0.25) is 14.1 Å². The molecule has 5 rings (SSSR count). The van der Waals surface area contributed by atoms with E-state index in [1.165, 1.54) is 22.9 Å². The van der Waals surface area contributed by atoms with Gasteiger partial charge in [-0.1, -0.05) is 24.3 Å². The summed E-state index contributed by atoms with van der Waals surface area (Å²) < 4.78 is 84.7. The Morgan fingerprint density at radius 1 is 1.00 bits per heavy atom. The number of alkyl halides is 2. The molecule has 1 aliphatic carbocycles. The van der Waals surface area contributed by atoms with Crippen LogP contribution in [0.15, 0.2) is 47.4 Å². The topological polar surface area (TPSA) is 122 Å². The van der Waals surface area contributed by atoms with Gasteiger partial charge >= 0.3 is 0 Å². The average Bonchev–Trinajstić information content (AvgIpc) is 2.98. The van der Waals surface area contributed by atoms with Gasteiger partial charge in [0.05, 0.1) is 11.9 Å². The lowest BCUT2D eigenvalue weighted by Crippen LogP contribution is -2.36. The van der Waals surface area contributed by atoms with Gasteiger partial charge in [0.25, 0.3) is 12.0 Å². The summed E-state index contributed by atoms with van der Waals surface area (Å²) in [5.74, 6) is -2.91. The number of nitrogens with zero attached hydrogens (tertiary/aromatic N) is 5. The van der Waals surface area contributed by atoms with Crippen molar-refractivity contribution in [2.24, 2.45) is 0 Å². The van der Waals surface area contributed by atoms with E-state index in [0.717, 1.165) is 49.9 Å². The van der Waals surface area contributed by atoms with E-state index in [4.69, 9.17) is 0 Å². The van der Waals surface area contributed by atoms with Crippen LogP contribution >= 0.6 is 0 Å². The summed E-state index contributed by atoms with van der Waals surface area (Å²) >= 11 is 0. The molecule has 0 amide bonds. The number of halogens is 4. The van der Waals surface area contributed by atoms with Crippen LogP contribution in [0.3, 0.4) is 0 Å². The van der Waals surface area contributed by atoms with E-state index in [-0.39, 0.29) is 39.6 Å². The van der Waals surface area contributed by atoms with E-state index in [0.29, 0.717) is 12.0 Å². The first-order chi connectivity index (χ1) is 21.7. The molecule has 0 saturated heterocycles. The Kier molecular flexibility index (Phi) is 9.63. The molecule has 15 heteroatoms. The Morgan fingerprint density at radius 2 is 1.63 bits per heavy atom. The van der Waals surface area contributed by atoms with Crippen molar-refractivity contribution in [2.75, 3.05) is 24.1 Å². The fourth-order valence-electron chi connectivity index (χ4n) is 5.63. The summed E-state index contributed by atoms with van der Waals surface area (Å²) in [6.07, 6.45) is 2.67. The third kappa shape index (κ3) is 7.30. The first-order valence-electron chi connectivity index (χ1n) is 14.8. The molecule has 0 radical (unpaired) electrons. The largest absolute Gasteiger partial charge is 0.351 e. The minimum Gasteiger partial charge on any atom is -0.351 e. The maximum atomic E-state index is 15.2. The Hall–Kier alpha value is -4.11. The van der Waals surface area contributed by atoms with Crippen molar-refractivity contribution in [3.05, 3.63) is 75.7 Å². The number of hydrogen-bond acceptors (Lipinski definition) is 8. The minimum atomic E-state index is -4.34. The molecule has 0 spiro atoms. The lowest BCUT2D eigenvalue weighted by atomic mass is 9.91. The van der Waals surface area contributed by atoms with Crippen molar-refractivity contribution in [1.82, 2.24) is 24.4 Å². The van der Waals surface area contributed by atoms with Crippen LogP contribution in [0.4, 0.5) is 29.2 Å². The van der Waals surface area contributed by atoms with Gasteiger partial charge in [0.15, 0.2) is 17.3 Å². The number of fused-ring (bicyclic) bond motifs is 1. The van der Waals surface area contributed by atoms with Crippen molar-refractivity contribution >= 4 is 32.8 Å². The van der Waals surface area contributed by atoms with Crippen LogP contribution in [0.25, 0.3) is 22.4 Å². The summed E-state index contributed by atoms with van der Waals surface area (Å²) in [7, 11) is -0.203. The molecule has 0 unspecified atom stereocenters. The van der Waals surface area contributed by atoms with Crippen molar-refractivity contribution < 1.29 is 26.0 Å². The number of nitrogens with one attached hydrogen (secondary N) is 2. The van der Waals surface area contributed by atoms with Gasteiger partial charge in [0.2, 0.25) is 16.0 Å². The van der Waals surface area contributed by atoms with Gasteiger partial charge in [0, 0.05) is 29.3 Å². The van der Waals surface area contributed by atoms with E-state index >= 15 is 8.78 Å². The van der Waals surface area contributed by atoms with Crippen molar-refractivity contribution in [3.63, 3.8) is 0 Å². The van der Waals surface area contributed by atoms with Crippen molar-refractivity contribution in [2.45, 2.75) is 69.8 Å². The number of benzene rings is 2. The van der Waals surface area contributed by atoms with Crippen LogP contribution in [0.2, 0.25) is 0 Å². The number of rotatable bonds is 10. The zero-order valence-corrected chi connectivity index (χ0v) is 26.6. The predicted octanol–water partition coefficient (Wildman–Crippen LogP) is 5.88. The minimum absolute atomic E-state index is 0.140. The fourth-order valence-corrected chi connectivity index (χ4v) is 6.84. The second-order valence-corrected chi connectivity index (χ2v) is 13.7. The van der Waals surface area contributed by atoms with Crippen LogP contribution in [0, 0.1) is 11.6 Å². The number of anilines is 2. The normalized spacial score (nSPS) is 17.3. The molecule has 0 atom stereocenters. The number of sulfonamides is 1. The van der Waals surface area contributed by atoms with Crippen LogP contribution in [-0.2, 0) is 15.8 Å². The average molecular weight is 662 g/mol. The molecule has 2 aromatic carbocycles. The molecule has 0 bridgehead atoms. The fraction of sp³-hybridized carbons (Fsp3) is 0.419. The maximum Gasteiger partial charge on any atom is 0.278 e. The highest BCUT2D eigenvalue weighted by Crippen LogP contribution is 2.29. The van der Waals surface area contributed by atoms with Gasteiger partial charge in [0.1, 0.15) is 16.9 Å². The summed E-state index contributed by atoms with van der Waals surface area (Å²) in [5, 5.41) is 3.36. The van der Waals surface area contributed by atoms with Crippen molar-refractivity contribution in [1.29, 1.82) is 0 Å². The van der Waals surface area contributed by atoms with E-state index in [1.54, 1.807) is 13.8 Å². The van der Waals surface area contributed by atoms with E-state index in [1.807, 2.05) is 4.72 Å². The molecule has 4 aromatic rings. The third-order valence-electron chi connectivity index (χ3n) is 8.07. The summed E-state index contributed by atoms with van der Waals surface area (Å²) in [5.41, 5.74) is -1.72. The van der Waals surface area contributed by atoms with Gasteiger partial charge in [-0.2, -0.15) is 4.98 Å². The molecule has 246 valence electrons. The zero-order valence-electron chi connectivity index (χ0n) is 25.8. The monoisotopic (exact) mass is 661 g/mol. The van der Waals surface area contributed by atoms with Gasteiger partial charge in [-0.05, 0) is 71.3 Å². The SMILES string of the molecule is CC(C)n1c(=O)c(-c2cc(F)c(NS(=O)(=O)Cc3ccc(C(F)F)cc3)c(F)c2)nc2cnc(NC3CCC(N(C)C)CC3)nc21. The second kappa shape index (κ2) is 13.3. The molecular formula is C31H35F4N7O3S. The first kappa shape index (κ1) is 33.3. The van der Waals surface area contributed by atoms with E-state index in [2.05, 4.69) is 39.3 Å². The van der Waals surface area contributed by atoms with Crippen LogP contribution in [-0.4, -0.2) is 59.0 Å². The molecule has 0 aliphatic heterocycles. The molecule has 2 N–H and O–H groups in total. The second-order valence-electron chi connectivity index (χ2n) is 12.0. The Morgan fingerprint density at radius 3 is 2.20 bits per heavy atom. The van der Waals surface area contributed by atoms with Gasteiger partial charge < -0.3 is 10.2 Å². The van der Waals surface area contributed by atoms with Crippen molar-refractivity contribution in [3.8, 4) is 11.3 Å². The molecule has 2 aromatic heterocycles. The highest BCUT2D eigenvalue weighted by Gasteiger charge is 2.25. The molecule has 1 saturated carbocycles. The third-order valence-corrected chi connectivity index (χ3v) is 9.30. The molecule has 1 aliphatic rings. The molecule has 1 fully saturated rings. The zero-order chi connectivity index (χ0) is 33.3. The lowest BCUT2D eigenvalue weighted by molar-refractivity contribution is 0.151. The smallest absolute Gasteiger partial charge is 0.278 e.